The molecule has 1 heterocycles. The first-order valence-corrected chi connectivity index (χ1v) is 6.07. The van der Waals surface area contributed by atoms with Crippen molar-refractivity contribution in [1.29, 1.82) is 0 Å². The first kappa shape index (κ1) is 14.2. The lowest BCUT2D eigenvalue weighted by Gasteiger charge is -2.27. The molecule has 1 atom stereocenters. The lowest BCUT2D eigenvalue weighted by atomic mass is 10.2. The summed E-state index contributed by atoms with van der Waals surface area (Å²) in [4.78, 5) is 8.66. The van der Waals surface area contributed by atoms with E-state index in [9.17, 15) is 0 Å². The Kier molecular flexibility index (Phi) is 5.61. The maximum Gasteiger partial charge on any atom is 0.0946 e. The lowest BCUT2D eigenvalue weighted by molar-refractivity contribution is 0.228. The zero-order valence-electron chi connectivity index (χ0n) is 11.4. The van der Waals surface area contributed by atoms with Crippen LogP contribution in [0, 0.1) is 0 Å². The quantitative estimate of drug-likeness (QED) is 0.744. The Balaban J connectivity index is 2.53. The van der Waals surface area contributed by atoms with Crippen molar-refractivity contribution < 1.29 is 0 Å². The van der Waals surface area contributed by atoms with E-state index < -0.39 is 0 Å². The monoisotopic (exact) mass is 239 g/mol. The predicted molar refractivity (Wildman–Crippen MR) is 70.8 cm³/mol. The molecule has 0 fully saturated rings. The third-order valence-electron chi connectivity index (χ3n) is 3.07. The molecule has 0 radical (unpaired) electrons. The van der Waals surface area contributed by atoms with E-state index in [2.05, 4.69) is 35.9 Å². The Morgan fingerprint density at radius 1 is 1.35 bits per heavy atom. The fourth-order valence-corrected chi connectivity index (χ4v) is 2.01. The summed E-state index contributed by atoms with van der Waals surface area (Å²) in [6.45, 7) is 2.77. The van der Waals surface area contributed by atoms with E-state index >= 15 is 0 Å². The maximum atomic E-state index is 5.87. The second kappa shape index (κ2) is 6.74. The average molecular weight is 239 g/mol. The second-order valence-electron chi connectivity index (χ2n) is 4.82. The molecule has 0 aliphatic heterocycles. The Morgan fingerprint density at radius 2 is 2.06 bits per heavy atom. The van der Waals surface area contributed by atoms with Gasteiger partial charge in [-0.15, -0.1) is 0 Å². The Morgan fingerprint density at radius 3 is 2.53 bits per heavy atom. The minimum atomic E-state index is 0.254. The van der Waals surface area contributed by atoms with Crippen LogP contribution in [0.1, 0.15) is 18.2 Å². The molecule has 0 bridgehead atoms. The Hall–Kier alpha value is -0.910. The highest BCUT2D eigenvalue weighted by molar-refractivity contribution is 5.05. The molecule has 98 valence electrons. The van der Waals surface area contributed by atoms with Crippen molar-refractivity contribution in [2.24, 2.45) is 12.8 Å². The standard InChI is InChI=1S/C12H25N5/c1-15(2)6-5-7-16(3)11(8-13)12-9-14-10-17(12)4/h9-11H,5-8,13H2,1-4H3. The van der Waals surface area contributed by atoms with Gasteiger partial charge >= 0.3 is 0 Å². The number of hydrogen-bond donors (Lipinski definition) is 1. The molecule has 1 aromatic heterocycles. The van der Waals surface area contributed by atoms with Gasteiger partial charge in [-0.3, -0.25) is 4.90 Å². The molecule has 0 amide bonds. The van der Waals surface area contributed by atoms with E-state index in [1.54, 1.807) is 0 Å². The van der Waals surface area contributed by atoms with Gasteiger partial charge in [0.1, 0.15) is 0 Å². The van der Waals surface area contributed by atoms with Gasteiger partial charge in [0.2, 0.25) is 0 Å². The highest BCUT2D eigenvalue weighted by Gasteiger charge is 2.17. The summed E-state index contributed by atoms with van der Waals surface area (Å²) in [5.41, 5.74) is 7.05. The smallest absolute Gasteiger partial charge is 0.0946 e. The van der Waals surface area contributed by atoms with Crippen LogP contribution in [0.2, 0.25) is 0 Å². The van der Waals surface area contributed by atoms with Gasteiger partial charge in [-0.2, -0.15) is 0 Å². The zero-order valence-corrected chi connectivity index (χ0v) is 11.4. The summed E-state index contributed by atoms with van der Waals surface area (Å²) in [5, 5.41) is 0. The molecule has 1 unspecified atom stereocenters. The molecule has 1 aromatic rings. The van der Waals surface area contributed by atoms with E-state index in [4.69, 9.17) is 5.73 Å². The van der Waals surface area contributed by atoms with E-state index in [1.807, 2.05) is 24.1 Å². The van der Waals surface area contributed by atoms with E-state index in [1.165, 1.54) is 5.69 Å². The molecular weight excluding hydrogens is 214 g/mol. The molecule has 17 heavy (non-hydrogen) atoms. The molecule has 2 N–H and O–H groups in total. The molecule has 0 saturated heterocycles. The van der Waals surface area contributed by atoms with Crippen LogP contribution in [0.4, 0.5) is 0 Å². The van der Waals surface area contributed by atoms with Crippen molar-refractivity contribution >= 4 is 0 Å². The molecule has 0 spiro atoms. The predicted octanol–water partition coefficient (Wildman–Crippen LogP) is 0.303. The molecule has 5 nitrogen and oxygen atoms in total. The van der Waals surface area contributed by atoms with E-state index in [-0.39, 0.29) is 6.04 Å². The molecule has 0 aliphatic carbocycles. The fraction of sp³-hybridized carbons (Fsp3) is 0.750. The third-order valence-corrected chi connectivity index (χ3v) is 3.07. The maximum absolute atomic E-state index is 5.87. The van der Waals surface area contributed by atoms with Crippen LogP contribution in [0.5, 0.6) is 0 Å². The van der Waals surface area contributed by atoms with Crippen LogP contribution in [0.15, 0.2) is 12.5 Å². The fourth-order valence-electron chi connectivity index (χ4n) is 2.01. The van der Waals surface area contributed by atoms with Gasteiger partial charge in [-0.1, -0.05) is 0 Å². The van der Waals surface area contributed by atoms with Crippen molar-refractivity contribution in [3.05, 3.63) is 18.2 Å². The average Bonchev–Trinajstić information content (AvgIpc) is 2.66. The van der Waals surface area contributed by atoms with Gasteiger partial charge in [0.25, 0.3) is 0 Å². The van der Waals surface area contributed by atoms with Crippen molar-refractivity contribution in [3.63, 3.8) is 0 Å². The summed E-state index contributed by atoms with van der Waals surface area (Å²) >= 11 is 0. The highest BCUT2D eigenvalue weighted by atomic mass is 15.2. The lowest BCUT2D eigenvalue weighted by Crippen LogP contribution is -2.33. The summed E-state index contributed by atoms with van der Waals surface area (Å²) in [7, 11) is 8.34. The van der Waals surface area contributed by atoms with Crippen LogP contribution < -0.4 is 5.73 Å². The second-order valence-corrected chi connectivity index (χ2v) is 4.82. The first-order chi connectivity index (χ1) is 8.06. The number of likely N-dealkylation sites (N-methyl/N-ethyl adjacent to an activating group) is 1. The largest absolute Gasteiger partial charge is 0.336 e. The van der Waals surface area contributed by atoms with E-state index in [0.29, 0.717) is 6.54 Å². The molecular formula is C12H25N5. The van der Waals surface area contributed by atoms with Gasteiger partial charge in [-0.25, -0.2) is 4.98 Å². The number of aromatic nitrogens is 2. The molecule has 0 aliphatic rings. The number of aryl methyl sites for hydroxylation is 1. The van der Waals surface area contributed by atoms with Crippen LogP contribution in [0.3, 0.4) is 0 Å². The molecule has 0 aromatic carbocycles. The van der Waals surface area contributed by atoms with Gasteiger partial charge in [0, 0.05) is 19.8 Å². The van der Waals surface area contributed by atoms with Crippen molar-refractivity contribution in [2.75, 3.05) is 40.8 Å². The van der Waals surface area contributed by atoms with Crippen molar-refractivity contribution in [1.82, 2.24) is 19.4 Å². The molecule has 5 heteroatoms. The number of hydrogen-bond acceptors (Lipinski definition) is 4. The van der Waals surface area contributed by atoms with Crippen LogP contribution in [-0.4, -0.2) is 60.1 Å². The zero-order chi connectivity index (χ0) is 12.8. The van der Waals surface area contributed by atoms with Crippen molar-refractivity contribution in [2.45, 2.75) is 12.5 Å². The van der Waals surface area contributed by atoms with Crippen LogP contribution in [0.25, 0.3) is 0 Å². The molecule has 0 saturated carbocycles. The Bertz CT molecular complexity index is 320. The Labute approximate surface area is 104 Å². The summed E-state index contributed by atoms with van der Waals surface area (Å²) in [5.74, 6) is 0. The number of nitrogens with zero attached hydrogens (tertiary/aromatic N) is 4. The van der Waals surface area contributed by atoms with Crippen LogP contribution in [-0.2, 0) is 7.05 Å². The SMILES string of the molecule is CN(C)CCCN(C)C(CN)c1cncn1C. The number of nitrogens with two attached hydrogens (primary N) is 1. The minimum absolute atomic E-state index is 0.254. The highest BCUT2D eigenvalue weighted by Crippen LogP contribution is 2.17. The van der Waals surface area contributed by atoms with Gasteiger partial charge in [0.15, 0.2) is 0 Å². The van der Waals surface area contributed by atoms with Crippen molar-refractivity contribution in [3.8, 4) is 0 Å². The van der Waals surface area contributed by atoms with Gasteiger partial charge < -0.3 is 15.2 Å². The van der Waals surface area contributed by atoms with Crippen LogP contribution >= 0.6 is 0 Å². The normalized spacial score (nSPS) is 13.6. The summed E-state index contributed by atoms with van der Waals surface area (Å²) < 4.78 is 2.04. The summed E-state index contributed by atoms with van der Waals surface area (Å²) in [6.07, 6.45) is 4.88. The molecule has 1 rings (SSSR count). The number of rotatable bonds is 7. The number of imidazole rings is 1. The van der Waals surface area contributed by atoms with E-state index in [0.717, 1.165) is 19.5 Å². The minimum Gasteiger partial charge on any atom is -0.336 e. The van der Waals surface area contributed by atoms with Gasteiger partial charge in [0.05, 0.1) is 18.1 Å². The first-order valence-electron chi connectivity index (χ1n) is 6.07. The topological polar surface area (TPSA) is 50.3 Å². The summed E-state index contributed by atoms with van der Waals surface area (Å²) in [6, 6.07) is 0.254. The third kappa shape index (κ3) is 4.11. The van der Waals surface area contributed by atoms with Gasteiger partial charge in [-0.05, 0) is 40.7 Å².